The van der Waals surface area contributed by atoms with Crippen LogP contribution in [0, 0.1) is 5.82 Å². The molecule has 1 aromatic rings. The molecule has 0 radical (unpaired) electrons. The minimum atomic E-state index is -0.486. The molecule has 0 heterocycles. The van der Waals surface area contributed by atoms with Crippen molar-refractivity contribution in [2.24, 2.45) is 0 Å². The van der Waals surface area contributed by atoms with Crippen LogP contribution in [0.5, 0.6) is 0 Å². The predicted molar refractivity (Wildman–Crippen MR) is 79.3 cm³/mol. The van der Waals surface area contributed by atoms with Gasteiger partial charge in [0, 0.05) is 18.4 Å². The Morgan fingerprint density at radius 3 is 2.60 bits per heavy atom. The number of aliphatic hydroxyl groups is 1. The Bertz CT molecular complexity index is 453. The predicted octanol–water partition coefficient (Wildman–Crippen LogP) is 2.09. The zero-order chi connectivity index (χ0) is 14.6. The number of benzene rings is 1. The highest BCUT2D eigenvalue weighted by Crippen LogP contribution is 2.48. The van der Waals surface area contributed by atoms with Gasteiger partial charge in [0.25, 0.3) is 0 Å². The Kier molecular flexibility index (Phi) is 5.05. The van der Waals surface area contributed by atoms with Gasteiger partial charge in [-0.3, -0.25) is 4.79 Å². The molecule has 1 saturated carbocycles. The fraction of sp³-hybridized carbons (Fsp3) is 0.533. The van der Waals surface area contributed by atoms with Crippen molar-refractivity contribution >= 4 is 17.7 Å². The van der Waals surface area contributed by atoms with Gasteiger partial charge in [-0.1, -0.05) is 12.1 Å². The van der Waals surface area contributed by atoms with Gasteiger partial charge in [0.15, 0.2) is 0 Å². The highest BCUT2D eigenvalue weighted by molar-refractivity contribution is 7.98. The Hall–Kier alpha value is -1.07. The second-order valence-electron chi connectivity index (χ2n) is 5.23. The largest absolute Gasteiger partial charge is 0.396 e. The molecule has 3 nitrogen and oxygen atoms in total. The van der Waals surface area contributed by atoms with Gasteiger partial charge >= 0.3 is 0 Å². The molecule has 1 unspecified atom stereocenters. The van der Waals surface area contributed by atoms with E-state index in [1.807, 2.05) is 6.26 Å². The van der Waals surface area contributed by atoms with E-state index < -0.39 is 5.41 Å². The topological polar surface area (TPSA) is 49.3 Å². The van der Waals surface area contributed by atoms with Gasteiger partial charge in [-0.25, -0.2) is 4.39 Å². The third kappa shape index (κ3) is 3.33. The molecular weight excluding hydrogens is 277 g/mol. The van der Waals surface area contributed by atoms with Crippen LogP contribution < -0.4 is 5.32 Å². The Morgan fingerprint density at radius 1 is 1.45 bits per heavy atom. The standard InChI is InChI=1S/C15H20FNO2S/c1-20-10-13(6-9-18)17-14(19)15(7-8-15)11-2-4-12(16)5-3-11/h2-5,13,18H,6-10H2,1H3,(H,17,19). The van der Waals surface area contributed by atoms with E-state index in [1.54, 1.807) is 23.9 Å². The lowest BCUT2D eigenvalue weighted by Crippen LogP contribution is -2.43. The van der Waals surface area contributed by atoms with Crippen molar-refractivity contribution < 1.29 is 14.3 Å². The number of hydrogen-bond donors (Lipinski definition) is 2. The molecule has 0 saturated heterocycles. The maximum atomic E-state index is 13.0. The average molecular weight is 297 g/mol. The highest BCUT2D eigenvalue weighted by Gasteiger charge is 2.51. The fourth-order valence-corrected chi connectivity index (χ4v) is 3.07. The smallest absolute Gasteiger partial charge is 0.230 e. The lowest BCUT2D eigenvalue weighted by atomic mass is 9.94. The van der Waals surface area contributed by atoms with Crippen LogP contribution >= 0.6 is 11.8 Å². The van der Waals surface area contributed by atoms with E-state index in [0.29, 0.717) is 6.42 Å². The molecule has 2 rings (SSSR count). The quantitative estimate of drug-likeness (QED) is 0.810. The third-order valence-electron chi connectivity index (χ3n) is 3.76. The number of carbonyl (C=O) groups excluding carboxylic acids is 1. The molecule has 0 aromatic heterocycles. The van der Waals surface area contributed by atoms with Gasteiger partial charge in [0.05, 0.1) is 5.41 Å². The van der Waals surface area contributed by atoms with Gasteiger partial charge in [-0.05, 0) is 43.2 Å². The molecule has 5 heteroatoms. The zero-order valence-corrected chi connectivity index (χ0v) is 12.4. The van der Waals surface area contributed by atoms with Gasteiger partial charge in [-0.2, -0.15) is 11.8 Å². The van der Waals surface area contributed by atoms with Crippen molar-refractivity contribution in [2.75, 3.05) is 18.6 Å². The Balaban J connectivity index is 2.05. The van der Waals surface area contributed by atoms with Gasteiger partial charge in [-0.15, -0.1) is 0 Å². The Labute approximate surface area is 123 Å². The van der Waals surface area contributed by atoms with Crippen molar-refractivity contribution in [1.29, 1.82) is 0 Å². The molecule has 1 atom stereocenters. The third-order valence-corrected chi connectivity index (χ3v) is 4.50. The van der Waals surface area contributed by atoms with Crippen molar-refractivity contribution in [3.05, 3.63) is 35.6 Å². The molecule has 1 aliphatic carbocycles. The van der Waals surface area contributed by atoms with Crippen LogP contribution in [0.15, 0.2) is 24.3 Å². The molecule has 2 N–H and O–H groups in total. The number of nitrogens with one attached hydrogen (secondary N) is 1. The van der Waals surface area contributed by atoms with Crippen LogP contribution in [-0.2, 0) is 10.2 Å². The summed E-state index contributed by atoms with van der Waals surface area (Å²) in [5.74, 6) is 0.494. The first-order chi connectivity index (χ1) is 9.62. The van der Waals surface area contributed by atoms with Crippen LogP contribution in [0.3, 0.4) is 0 Å². The van der Waals surface area contributed by atoms with Crippen LogP contribution in [0.25, 0.3) is 0 Å². The number of hydrogen-bond acceptors (Lipinski definition) is 3. The summed E-state index contributed by atoms with van der Waals surface area (Å²) in [6, 6.07) is 6.17. The lowest BCUT2D eigenvalue weighted by molar-refractivity contribution is -0.124. The summed E-state index contributed by atoms with van der Waals surface area (Å²) < 4.78 is 13.0. The van der Waals surface area contributed by atoms with E-state index in [9.17, 15) is 9.18 Å². The summed E-state index contributed by atoms with van der Waals surface area (Å²) in [4.78, 5) is 12.5. The normalized spacial score (nSPS) is 17.6. The van der Waals surface area contributed by atoms with Crippen LogP contribution in [0.2, 0.25) is 0 Å². The summed E-state index contributed by atoms with van der Waals surface area (Å²) in [7, 11) is 0. The number of thioether (sulfide) groups is 1. The van der Waals surface area contributed by atoms with Gasteiger partial charge in [0.2, 0.25) is 5.91 Å². The second-order valence-corrected chi connectivity index (χ2v) is 6.14. The molecule has 1 aliphatic rings. The maximum Gasteiger partial charge on any atom is 0.230 e. The summed E-state index contributed by atoms with van der Waals surface area (Å²) >= 11 is 1.65. The van der Waals surface area contributed by atoms with E-state index in [0.717, 1.165) is 24.2 Å². The molecule has 0 spiro atoms. The first-order valence-corrected chi connectivity index (χ1v) is 8.18. The van der Waals surface area contributed by atoms with Crippen molar-refractivity contribution in [3.8, 4) is 0 Å². The minimum absolute atomic E-state index is 0.00314. The van der Waals surface area contributed by atoms with Crippen molar-refractivity contribution in [3.63, 3.8) is 0 Å². The monoisotopic (exact) mass is 297 g/mol. The molecular formula is C15H20FNO2S. The summed E-state index contributed by atoms with van der Waals surface area (Å²) in [5, 5.41) is 12.1. The van der Waals surface area contributed by atoms with Crippen LogP contribution in [0.4, 0.5) is 4.39 Å². The van der Waals surface area contributed by atoms with Crippen molar-refractivity contribution in [1.82, 2.24) is 5.32 Å². The minimum Gasteiger partial charge on any atom is -0.396 e. The van der Waals surface area contributed by atoms with Crippen molar-refractivity contribution in [2.45, 2.75) is 30.7 Å². The van der Waals surface area contributed by atoms with Crippen LogP contribution in [0.1, 0.15) is 24.8 Å². The summed E-state index contributed by atoms with van der Waals surface area (Å²) in [6.45, 7) is 0.0645. The summed E-state index contributed by atoms with van der Waals surface area (Å²) in [6.07, 6.45) is 4.14. The van der Waals surface area contributed by atoms with E-state index in [2.05, 4.69) is 5.32 Å². The molecule has 1 amide bonds. The highest BCUT2D eigenvalue weighted by atomic mass is 32.2. The molecule has 1 fully saturated rings. The number of halogens is 1. The van der Waals surface area contributed by atoms with E-state index in [-0.39, 0.29) is 24.4 Å². The SMILES string of the molecule is CSCC(CCO)NC(=O)C1(c2ccc(F)cc2)CC1. The Morgan fingerprint density at radius 2 is 2.10 bits per heavy atom. The summed E-state index contributed by atoms with van der Waals surface area (Å²) in [5.41, 5.74) is 0.392. The van der Waals surface area contributed by atoms with Gasteiger partial charge in [0.1, 0.15) is 5.82 Å². The van der Waals surface area contributed by atoms with Gasteiger partial charge < -0.3 is 10.4 Å². The molecule has 0 bridgehead atoms. The number of carbonyl (C=O) groups is 1. The first-order valence-electron chi connectivity index (χ1n) is 6.79. The molecule has 20 heavy (non-hydrogen) atoms. The maximum absolute atomic E-state index is 13.0. The van der Waals surface area contributed by atoms with E-state index in [4.69, 9.17) is 5.11 Å². The second kappa shape index (κ2) is 6.59. The number of amides is 1. The van der Waals surface area contributed by atoms with Crippen LogP contribution in [-0.4, -0.2) is 35.7 Å². The molecule has 1 aromatic carbocycles. The molecule has 0 aliphatic heterocycles. The molecule has 110 valence electrons. The number of aliphatic hydroxyl groups excluding tert-OH is 1. The number of rotatable bonds is 7. The fourth-order valence-electron chi connectivity index (χ4n) is 2.42. The average Bonchev–Trinajstić information content (AvgIpc) is 3.21. The zero-order valence-electron chi connectivity index (χ0n) is 11.6. The first kappa shape index (κ1) is 15.3. The van der Waals surface area contributed by atoms with E-state index >= 15 is 0 Å². The van der Waals surface area contributed by atoms with E-state index in [1.165, 1.54) is 12.1 Å². The lowest BCUT2D eigenvalue weighted by Gasteiger charge is -2.21.